The van der Waals surface area contributed by atoms with Crippen molar-refractivity contribution < 1.29 is 23.0 Å². The number of benzene rings is 2. The van der Waals surface area contributed by atoms with E-state index in [4.69, 9.17) is 4.74 Å². The van der Waals surface area contributed by atoms with E-state index in [1.165, 1.54) is 0 Å². The maximum absolute atomic E-state index is 13.1. The number of aliphatic hydroxyl groups excluding tert-OH is 1. The van der Waals surface area contributed by atoms with Crippen LogP contribution in [0.3, 0.4) is 0 Å². The highest BCUT2D eigenvalue weighted by Crippen LogP contribution is 2.14. The first-order valence-electron chi connectivity index (χ1n) is 7.17. The van der Waals surface area contributed by atoms with Crippen molar-refractivity contribution in [2.24, 2.45) is 0 Å². The van der Waals surface area contributed by atoms with Gasteiger partial charge >= 0.3 is 0 Å². The number of hydrogen-bond donors (Lipinski definition) is 2. The van der Waals surface area contributed by atoms with Crippen molar-refractivity contribution in [1.82, 2.24) is 5.32 Å². The molecule has 1 unspecified atom stereocenters. The lowest BCUT2D eigenvalue weighted by atomic mass is 10.2. The minimum atomic E-state index is -1.49. The Labute approximate surface area is 132 Å². The SMILES string of the molecule is Cc1cccc(OCC(O)CNCc2cc(F)c(F)c(F)c2)c1. The Hall–Kier alpha value is -2.05. The van der Waals surface area contributed by atoms with Gasteiger partial charge in [0.25, 0.3) is 0 Å². The van der Waals surface area contributed by atoms with E-state index < -0.39 is 23.6 Å². The summed E-state index contributed by atoms with van der Waals surface area (Å²) in [5, 5.41) is 12.7. The smallest absolute Gasteiger partial charge is 0.194 e. The minimum Gasteiger partial charge on any atom is -0.491 e. The van der Waals surface area contributed by atoms with Gasteiger partial charge in [0, 0.05) is 13.1 Å². The van der Waals surface area contributed by atoms with Crippen LogP contribution in [0.4, 0.5) is 13.2 Å². The first kappa shape index (κ1) is 17.3. The lowest BCUT2D eigenvalue weighted by Gasteiger charge is -2.14. The Bertz CT molecular complexity index is 641. The zero-order valence-corrected chi connectivity index (χ0v) is 12.7. The molecular formula is C17H18F3NO2. The maximum atomic E-state index is 13.1. The van der Waals surface area contributed by atoms with Crippen molar-refractivity contribution in [3.63, 3.8) is 0 Å². The molecule has 2 rings (SSSR count). The molecular weight excluding hydrogens is 307 g/mol. The van der Waals surface area contributed by atoms with E-state index >= 15 is 0 Å². The number of aryl methyl sites for hydroxylation is 1. The molecule has 0 amide bonds. The monoisotopic (exact) mass is 325 g/mol. The third-order valence-electron chi connectivity index (χ3n) is 3.18. The Morgan fingerprint density at radius 2 is 1.83 bits per heavy atom. The van der Waals surface area contributed by atoms with Crippen LogP contribution in [-0.2, 0) is 6.54 Å². The second kappa shape index (κ2) is 7.99. The molecule has 0 radical (unpaired) electrons. The maximum Gasteiger partial charge on any atom is 0.194 e. The summed E-state index contributed by atoms with van der Waals surface area (Å²) in [6, 6.07) is 9.27. The van der Waals surface area contributed by atoms with Crippen LogP contribution in [0.1, 0.15) is 11.1 Å². The van der Waals surface area contributed by atoms with Crippen LogP contribution in [0.5, 0.6) is 5.75 Å². The molecule has 0 saturated carbocycles. The second-order valence-corrected chi connectivity index (χ2v) is 5.29. The van der Waals surface area contributed by atoms with Gasteiger partial charge in [-0.2, -0.15) is 0 Å². The molecule has 0 heterocycles. The molecule has 1 atom stereocenters. The standard InChI is InChI=1S/C17H18F3NO2/c1-11-3-2-4-14(5-11)23-10-13(22)9-21-8-12-6-15(18)17(20)16(19)7-12/h2-7,13,21-22H,8-10H2,1H3. The van der Waals surface area contributed by atoms with Crippen LogP contribution < -0.4 is 10.1 Å². The number of halogens is 3. The average Bonchev–Trinajstić information content (AvgIpc) is 2.50. The fourth-order valence-electron chi connectivity index (χ4n) is 2.05. The zero-order valence-electron chi connectivity index (χ0n) is 12.7. The van der Waals surface area contributed by atoms with E-state index in [9.17, 15) is 18.3 Å². The molecule has 0 aromatic heterocycles. The summed E-state index contributed by atoms with van der Waals surface area (Å²) in [5.41, 5.74) is 1.31. The molecule has 6 heteroatoms. The molecule has 0 aliphatic carbocycles. The summed E-state index contributed by atoms with van der Waals surface area (Å²) >= 11 is 0. The van der Waals surface area contributed by atoms with E-state index in [1.807, 2.05) is 25.1 Å². The molecule has 0 fully saturated rings. The number of hydrogen-bond acceptors (Lipinski definition) is 3. The van der Waals surface area contributed by atoms with Gasteiger partial charge in [-0.15, -0.1) is 0 Å². The van der Waals surface area contributed by atoms with E-state index in [1.54, 1.807) is 6.07 Å². The third-order valence-corrected chi connectivity index (χ3v) is 3.18. The second-order valence-electron chi connectivity index (χ2n) is 5.29. The quantitative estimate of drug-likeness (QED) is 0.769. The molecule has 0 aliphatic heterocycles. The fraction of sp³-hybridized carbons (Fsp3) is 0.294. The molecule has 0 bridgehead atoms. The Morgan fingerprint density at radius 3 is 2.48 bits per heavy atom. The van der Waals surface area contributed by atoms with Gasteiger partial charge in [-0.3, -0.25) is 0 Å². The van der Waals surface area contributed by atoms with E-state index in [-0.39, 0.29) is 25.3 Å². The van der Waals surface area contributed by atoms with Crippen LogP contribution in [0.15, 0.2) is 36.4 Å². The molecule has 23 heavy (non-hydrogen) atoms. The molecule has 0 saturated heterocycles. The van der Waals surface area contributed by atoms with Gasteiger partial charge in [0.15, 0.2) is 17.5 Å². The van der Waals surface area contributed by atoms with Gasteiger partial charge in [-0.05, 0) is 42.3 Å². The summed E-state index contributed by atoms with van der Waals surface area (Å²) in [6.07, 6.45) is -0.786. The van der Waals surface area contributed by atoms with Gasteiger partial charge in [0.05, 0.1) is 0 Å². The molecule has 0 spiro atoms. The van der Waals surface area contributed by atoms with Gasteiger partial charge < -0.3 is 15.2 Å². The van der Waals surface area contributed by atoms with Gasteiger partial charge in [-0.1, -0.05) is 12.1 Å². The van der Waals surface area contributed by atoms with E-state index in [0.717, 1.165) is 17.7 Å². The van der Waals surface area contributed by atoms with Crippen molar-refractivity contribution in [3.05, 3.63) is 65.0 Å². The summed E-state index contributed by atoms with van der Waals surface area (Å²) < 4.78 is 44.4. The van der Waals surface area contributed by atoms with E-state index in [0.29, 0.717) is 5.75 Å². The lowest BCUT2D eigenvalue weighted by molar-refractivity contribution is 0.106. The Balaban J connectivity index is 1.75. The normalized spacial score (nSPS) is 12.2. The summed E-state index contributed by atoms with van der Waals surface area (Å²) in [7, 11) is 0. The van der Waals surface area contributed by atoms with E-state index in [2.05, 4.69) is 5.32 Å². The molecule has 2 aromatic carbocycles. The minimum absolute atomic E-state index is 0.0859. The van der Waals surface area contributed by atoms with Crippen molar-refractivity contribution in [3.8, 4) is 5.75 Å². The van der Waals surface area contributed by atoms with Crippen molar-refractivity contribution in [2.75, 3.05) is 13.2 Å². The van der Waals surface area contributed by atoms with Crippen molar-refractivity contribution in [1.29, 1.82) is 0 Å². The van der Waals surface area contributed by atoms with Crippen molar-refractivity contribution >= 4 is 0 Å². The predicted octanol–water partition coefficient (Wildman–Crippen LogP) is 2.94. The first-order chi connectivity index (χ1) is 11.0. The topological polar surface area (TPSA) is 41.5 Å². The van der Waals surface area contributed by atoms with Crippen molar-refractivity contribution in [2.45, 2.75) is 19.6 Å². The zero-order chi connectivity index (χ0) is 16.8. The Morgan fingerprint density at radius 1 is 1.13 bits per heavy atom. The van der Waals surface area contributed by atoms with Crippen LogP contribution >= 0.6 is 0 Å². The Kier molecular flexibility index (Phi) is 6.01. The van der Waals surface area contributed by atoms with Crippen LogP contribution in [0.25, 0.3) is 0 Å². The summed E-state index contributed by atoms with van der Waals surface area (Å²) in [6.45, 7) is 2.30. The molecule has 2 N–H and O–H groups in total. The first-order valence-corrected chi connectivity index (χ1v) is 7.17. The number of nitrogens with one attached hydrogen (secondary N) is 1. The molecule has 0 aliphatic rings. The average molecular weight is 325 g/mol. The van der Waals surface area contributed by atoms with Gasteiger partial charge in [0.2, 0.25) is 0 Å². The number of ether oxygens (including phenoxy) is 1. The van der Waals surface area contributed by atoms with Gasteiger partial charge in [0.1, 0.15) is 18.5 Å². The van der Waals surface area contributed by atoms with Crippen LogP contribution in [0.2, 0.25) is 0 Å². The van der Waals surface area contributed by atoms with Crippen LogP contribution in [-0.4, -0.2) is 24.4 Å². The molecule has 3 nitrogen and oxygen atoms in total. The summed E-state index contributed by atoms with van der Waals surface area (Å²) in [5.74, 6) is -3.29. The highest BCUT2D eigenvalue weighted by molar-refractivity contribution is 5.27. The predicted molar refractivity (Wildman–Crippen MR) is 80.7 cm³/mol. The van der Waals surface area contributed by atoms with Gasteiger partial charge in [-0.25, -0.2) is 13.2 Å². The molecule has 124 valence electrons. The lowest BCUT2D eigenvalue weighted by Crippen LogP contribution is -2.31. The third kappa shape index (κ3) is 5.26. The van der Waals surface area contributed by atoms with Crippen LogP contribution in [0, 0.1) is 24.4 Å². The highest BCUT2D eigenvalue weighted by atomic mass is 19.2. The highest BCUT2D eigenvalue weighted by Gasteiger charge is 2.11. The number of rotatable bonds is 7. The fourth-order valence-corrected chi connectivity index (χ4v) is 2.05. The number of aliphatic hydroxyl groups is 1. The summed E-state index contributed by atoms with van der Waals surface area (Å²) in [4.78, 5) is 0. The molecule has 2 aromatic rings. The largest absolute Gasteiger partial charge is 0.491 e.